The summed E-state index contributed by atoms with van der Waals surface area (Å²) < 4.78 is 13.3. The molecule has 7 nitrogen and oxygen atoms in total. The molecule has 1 aromatic heterocycles. The van der Waals surface area contributed by atoms with Crippen LogP contribution < -0.4 is 16.0 Å². The van der Waals surface area contributed by atoms with Gasteiger partial charge in [0.05, 0.1) is 17.8 Å². The number of carbonyl (C=O) groups is 1. The molecule has 8 heteroatoms. The number of hydrogen-bond donors (Lipinski definition) is 4. The summed E-state index contributed by atoms with van der Waals surface area (Å²) >= 11 is 0. The first-order valence-corrected chi connectivity index (χ1v) is 13.8. The number of hydrogen-bond acceptors (Lipinski definition) is 6. The van der Waals surface area contributed by atoms with Crippen LogP contribution in [-0.4, -0.2) is 39.7 Å². The molecule has 0 spiro atoms. The van der Waals surface area contributed by atoms with Crippen molar-refractivity contribution in [1.29, 1.82) is 0 Å². The van der Waals surface area contributed by atoms with Crippen molar-refractivity contribution in [3.8, 4) is 11.3 Å². The molecule has 0 saturated carbocycles. The summed E-state index contributed by atoms with van der Waals surface area (Å²) in [4.78, 5) is 20.5. The number of aliphatic hydroxyl groups excluding tert-OH is 1. The van der Waals surface area contributed by atoms with Crippen LogP contribution in [0.2, 0.25) is 0 Å². The molecular weight excluding hydrogens is 517 g/mol. The van der Waals surface area contributed by atoms with Crippen molar-refractivity contribution >= 4 is 17.4 Å². The quantitative estimate of drug-likeness (QED) is 0.195. The number of amides is 1. The van der Waals surface area contributed by atoms with E-state index in [1.165, 1.54) is 30.9 Å². The Morgan fingerprint density at radius 1 is 0.951 bits per heavy atom. The number of benzene rings is 3. The highest BCUT2D eigenvalue weighted by Gasteiger charge is 2.21. The average Bonchev–Trinajstić information content (AvgIpc) is 2.94. The summed E-state index contributed by atoms with van der Waals surface area (Å²) in [6.45, 7) is 8.98. The third kappa shape index (κ3) is 8.93. The van der Waals surface area contributed by atoms with Gasteiger partial charge in [0.15, 0.2) is 0 Å². The Morgan fingerprint density at radius 2 is 1.68 bits per heavy atom. The molecule has 0 saturated heterocycles. The largest absolute Gasteiger partial charge is 0.390 e. The molecule has 3 aromatic carbocycles. The van der Waals surface area contributed by atoms with Gasteiger partial charge in [0.2, 0.25) is 5.91 Å². The lowest BCUT2D eigenvalue weighted by atomic mass is 9.86. The lowest BCUT2D eigenvalue weighted by molar-refractivity contribution is -0.120. The topological polar surface area (TPSA) is 99.2 Å². The molecule has 1 heterocycles. The van der Waals surface area contributed by atoms with E-state index in [0.29, 0.717) is 31.0 Å². The second-order valence-electron chi connectivity index (χ2n) is 11.3. The van der Waals surface area contributed by atoms with Crippen LogP contribution in [-0.2, 0) is 23.2 Å². The van der Waals surface area contributed by atoms with Gasteiger partial charge in [-0.25, -0.2) is 14.4 Å². The van der Waals surface area contributed by atoms with Gasteiger partial charge in [-0.05, 0) is 64.9 Å². The summed E-state index contributed by atoms with van der Waals surface area (Å²) in [5.41, 5.74) is 5.76. The third-order valence-corrected chi connectivity index (χ3v) is 6.82. The fraction of sp³-hybridized carbons (Fsp3) is 0.303. The van der Waals surface area contributed by atoms with E-state index >= 15 is 0 Å². The molecule has 0 aliphatic carbocycles. The zero-order chi connectivity index (χ0) is 29.4. The van der Waals surface area contributed by atoms with Crippen molar-refractivity contribution < 1.29 is 14.3 Å². The number of rotatable bonds is 11. The third-order valence-electron chi connectivity index (χ3n) is 6.82. The second kappa shape index (κ2) is 13.5. The van der Waals surface area contributed by atoms with Gasteiger partial charge in [0.25, 0.3) is 0 Å². The Labute approximate surface area is 241 Å². The number of nitrogens with one attached hydrogen (secondary N) is 3. The zero-order valence-electron chi connectivity index (χ0n) is 24.0. The van der Waals surface area contributed by atoms with E-state index in [1.807, 2.05) is 24.3 Å². The zero-order valence-corrected chi connectivity index (χ0v) is 24.0. The van der Waals surface area contributed by atoms with Gasteiger partial charge in [0, 0.05) is 37.3 Å². The van der Waals surface area contributed by atoms with E-state index in [1.54, 1.807) is 18.2 Å². The van der Waals surface area contributed by atoms with Gasteiger partial charge in [-0.15, -0.1) is 0 Å². The first-order valence-electron chi connectivity index (χ1n) is 13.8. The number of carbonyl (C=O) groups excluding carboxylic acids is 1. The van der Waals surface area contributed by atoms with Crippen LogP contribution in [0.25, 0.3) is 11.3 Å². The van der Waals surface area contributed by atoms with Crippen LogP contribution in [0.1, 0.15) is 44.4 Å². The van der Waals surface area contributed by atoms with Crippen molar-refractivity contribution in [2.75, 3.05) is 11.9 Å². The van der Waals surface area contributed by atoms with E-state index in [2.05, 4.69) is 71.0 Å². The van der Waals surface area contributed by atoms with Gasteiger partial charge < -0.3 is 21.1 Å². The summed E-state index contributed by atoms with van der Waals surface area (Å²) in [7, 11) is 0. The molecule has 4 N–H and O–H groups in total. The van der Waals surface area contributed by atoms with Crippen LogP contribution >= 0.6 is 0 Å². The molecule has 0 aliphatic heterocycles. The van der Waals surface area contributed by atoms with Gasteiger partial charge in [-0.2, -0.15) is 0 Å². The highest BCUT2D eigenvalue weighted by molar-refractivity contribution is 5.73. The second-order valence-corrected chi connectivity index (χ2v) is 11.3. The molecular formula is C33H38FN5O2. The highest BCUT2D eigenvalue weighted by atomic mass is 19.1. The van der Waals surface area contributed by atoms with Crippen molar-refractivity contribution in [2.24, 2.45) is 0 Å². The fourth-order valence-electron chi connectivity index (χ4n) is 4.53. The number of halogens is 1. The van der Waals surface area contributed by atoms with E-state index in [-0.39, 0.29) is 17.1 Å². The molecule has 1 amide bonds. The Hall–Kier alpha value is -4.14. The summed E-state index contributed by atoms with van der Waals surface area (Å²) in [6.07, 6.45) is 1.17. The minimum atomic E-state index is -0.770. The number of nitrogens with zero attached hydrogens (tertiary/aromatic N) is 2. The van der Waals surface area contributed by atoms with Crippen molar-refractivity contribution in [1.82, 2.24) is 20.6 Å². The molecule has 0 fully saturated rings. The minimum absolute atomic E-state index is 0.0683. The maximum Gasteiger partial charge on any atom is 0.217 e. The van der Waals surface area contributed by atoms with E-state index in [0.717, 1.165) is 22.4 Å². The molecule has 0 unspecified atom stereocenters. The minimum Gasteiger partial charge on any atom is -0.390 e. The van der Waals surface area contributed by atoms with E-state index in [4.69, 9.17) is 0 Å². The van der Waals surface area contributed by atoms with E-state index < -0.39 is 12.1 Å². The fourth-order valence-corrected chi connectivity index (χ4v) is 4.53. The monoisotopic (exact) mass is 555 g/mol. The maximum absolute atomic E-state index is 13.3. The Kier molecular flexibility index (Phi) is 9.81. The van der Waals surface area contributed by atoms with Crippen LogP contribution in [0.3, 0.4) is 0 Å². The van der Waals surface area contributed by atoms with Crippen LogP contribution in [0.15, 0.2) is 85.2 Å². The Balaban J connectivity index is 1.35. The number of anilines is 2. The van der Waals surface area contributed by atoms with Crippen molar-refractivity contribution in [3.63, 3.8) is 0 Å². The summed E-state index contributed by atoms with van der Waals surface area (Å²) in [5, 5.41) is 20.4. The van der Waals surface area contributed by atoms with Crippen LogP contribution in [0.5, 0.6) is 0 Å². The SMILES string of the molecule is CC(=O)N[C@@H](Cc1ccc(Nc2cc(-c3ccc(F)cc3)ncn2)cc1)[C@H](O)CNCc1cccc(C(C)(C)C)c1. The van der Waals surface area contributed by atoms with Gasteiger partial charge in [-0.3, -0.25) is 4.79 Å². The van der Waals surface area contributed by atoms with Gasteiger partial charge >= 0.3 is 0 Å². The Morgan fingerprint density at radius 3 is 2.37 bits per heavy atom. The highest BCUT2D eigenvalue weighted by Crippen LogP contribution is 2.23. The predicted octanol–water partition coefficient (Wildman–Crippen LogP) is 5.52. The van der Waals surface area contributed by atoms with E-state index in [9.17, 15) is 14.3 Å². The molecule has 0 radical (unpaired) electrons. The summed E-state index contributed by atoms with van der Waals surface area (Å²) in [6, 6.07) is 23.7. The average molecular weight is 556 g/mol. The molecule has 0 aliphatic rings. The molecule has 214 valence electrons. The number of aliphatic hydroxyl groups is 1. The van der Waals surface area contributed by atoms with Crippen LogP contribution in [0.4, 0.5) is 15.9 Å². The molecule has 4 aromatic rings. The summed E-state index contributed by atoms with van der Waals surface area (Å²) in [5.74, 6) is 0.122. The lowest BCUT2D eigenvalue weighted by Crippen LogP contribution is -2.48. The molecule has 2 atom stereocenters. The van der Waals surface area contributed by atoms with Gasteiger partial charge in [0.1, 0.15) is 18.0 Å². The van der Waals surface area contributed by atoms with Crippen molar-refractivity contribution in [2.45, 2.75) is 58.2 Å². The smallest absolute Gasteiger partial charge is 0.217 e. The number of aromatic nitrogens is 2. The molecule has 41 heavy (non-hydrogen) atoms. The first kappa shape index (κ1) is 29.8. The predicted molar refractivity (Wildman–Crippen MR) is 161 cm³/mol. The normalized spacial score (nSPS) is 12.9. The standard InChI is InChI=1S/C33H38FN5O2/c1-22(40)38-30(31(41)20-35-19-24-6-5-7-26(16-24)33(2,3)4)17-23-8-14-28(15-9-23)39-32-18-29(36-21-37-32)25-10-12-27(34)13-11-25/h5-16,18,21,30-31,35,41H,17,19-20H2,1-4H3,(H,38,40)(H,36,37,39)/t30-,31+/m0/s1. The molecule has 4 rings (SSSR count). The maximum atomic E-state index is 13.3. The van der Waals surface area contributed by atoms with Gasteiger partial charge in [-0.1, -0.05) is 57.2 Å². The first-order chi connectivity index (χ1) is 19.6. The Bertz CT molecular complexity index is 1440. The lowest BCUT2D eigenvalue weighted by Gasteiger charge is -2.24. The van der Waals surface area contributed by atoms with Crippen LogP contribution in [0, 0.1) is 5.82 Å². The van der Waals surface area contributed by atoms with Crippen molar-refractivity contribution in [3.05, 3.63) is 108 Å². The molecule has 0 bridgehead atoms.